The maximum Gasteiger partial charge on any atom is 0.308 e. The van der Waals surface area contributed by atoms with Gasteiger partial charge in [0.25, 0.3) is 0 Å². The van der Waals surface area contributed by atoms with Gasteiger partial charge >= 0.3 is 5.97 Å². The standard InChI is InChI=1S/C12H14N2O3S/c15-11-7-9(12(16)17)8-14(11)5-6-18-10-3-1-2-4-13-10/h1-4,9H,5-8H2,(H,16,17)/t9-/m0/s1. The molecular weight excluding hydrogens is 252 g/mol. The number of pyridine rings is 1. The van der Waals surface area contributed by atoms with Gasteiger partial charge in [0.1, 0.15) is 0 Å². The predicted molar refractivity (Wildman–Crippen MR) is 67.3 cm³/mol. The molecule has 1 atom stereocenters. The molecule has 18 heavy (non-hydrogen) atoms. The lowest BCUT2D eigenvalue weighted by Gasteiger charge is -2.15. The van der Waals surface area contributed by atoms with E-state index in [1.807, 2.05) is 18.2 Å². The highest BCUT2D eigenvalue weighted by atomic mass is 32.2. The number of hydrogen-bond acceptors (Lipinski definition) is 4. The van der Waals surface area contributed by atoms with Crippen molar-refractivity contribution >= 4 is 23.6 Å². The van der Waals surface area contributed by atoms with Gasteiger partial charge in [0.05, 0.1) is 10.9 Å². The lowest BCUT2D eigenvalue weighted by atomic mass is 10.1. The van der Waals surface area contributed by atoms with E-state index in [-0.39, 0.29) is 12.3 Å². The van der Waals surface area contributed by atoms with Crippen LogP contribution in [-0.2, 0) is 9.59 Å². The van der Waals surface area contributed by atoms with Gasteiger partial charge in [0.15, 0.2) is 0 Å². The fraction of sp³-hybridized carbons (Fsp3) is 0.417. The first-order chi connectivity index (χ1) is 8.66. The van der Waals surface area contributed by atoms with E-state index in [4.69, 9.17) is 5.11 Å². The molecule has 2 rings (SSSR count). The lowest BCUT2D eigenvalue weighted by molar-refractivity contribution is -0.141. The molecule has 0 saturated carbocycles. The average Bonchev–Trinajstić information content (AvgIpc) is 2.73. The molecule has 5 nitrogen and oxygen atoms in total. The fourth-order valence-electron chi connectivity index (χ4n) is 1.85. The first kappa shape index (κ1) is 12.9. The van der Waals surface area contributed by atoms with Crippen LogP contribution >= 0.6 is 11.8 Å². The van der Waals surface area contributed by atoms with Crippen LogP contribution in [-0.4, -0.2) is 45.7 Å². The topological polar surface area (TPSA) is 70.5 Å². The average molecular weight is 266 g/mol. The summed E-state index contributed by atoms with van der Waals surface area (Å²) in [6, 6.07) is 5.68. The number of likely N-dealkylation sites (tertiary alicyclic amines) is 1. The van der Waals surface area contributed by atoms with Crippen molar-refractivity contribution in [1.82, 2.24) is 9.88 Å². The van der Waals surface area contributed by atoms with Crippen LogP contribution < -0.4 is 0 Å². The van der Waals surface area contributed by atoms with Crippen molar-refractivity contribution in [2.75, 3.05) is 18.8 Å². The van der Waals surface area contributed by atoms with Crippen LogP contribution in [0.1, 0.15) is 6.42 Å². The molecule has 1 N–H and O–H groups in total. The van der Waals surface area contributed by atoms with Crippen molar-refractivity contribution in [1.29, 1.82) is 0 Å². The normalized spacial score (nSPS) is 19.2. The Hall–Kier alpha value is -1.56. The van der Waals surface area contributed by atoms with E-state index in [0.29, 0.717) is 13.1 Å². The highest BCUT2D eigenvalue weighted by molar-refractivity contribution is 7.99. The largest absolute Gasteiger partial charge is 0.481 e. The van der Waals surface area contributed by atoms with Crippen molar-refractivity contribution in [2.45, 2.75) is 11.4 Å². The van der Waals surface area contributed by atoms with Gasteiger partial charge in [-0.3, -0.25) is 9.59 Å². The third-order valence-electron chi connectivity index (χ3n) is 2.81. The van der Waals surface area contributed by atoms with Gasteiger partial charge in [-0.05, 0) is 12.1 Å². The Balaban J connectivity index is 1.78. The van der Waals surface area contributed by atoms with Crippen LogP contribution in [0.15, 0.2) is 29.4 Å². The monoisotopic (exact) mass is 266 g/mol. The summed E-state index contributed by atoms with van der Waals surface area (Å²) in [6.07, 6.45) is 1.85. The molecule has 1 fully saturated rings. The van der Waals surface area contributed by atoms with E-state index in [0.717, 1.165) is 10.8 Å². The minimum Gasteiger partial charge on any atom is -0.481 e. The minimum atomic E-state index is -0.886. The van der Waals surface area contributed by atoms with Crippen molar-refractivity contribution in [3.8, 4) is 0 Å². The molecule has 1 aromatic heterocycles. The van der Waals surface area contributed by atoms with Crippen LogP contribution in [0.25, 0.3) is 0 Å². The van der Waals surface area contributed by atoms with E-state index in [9.17, 15) is 9.59 Å². The van der Waals surface area contributed by atoms with Gasteiger partial charge < -0.3 is 10.0 Å². The third-order valence-corrected chi connectivity index (χ3v) is 3.74. The molecule has 1 aliphatic rings. The van der Waals surface area contributed by atoms with Crippen molar-refractivity contribution in [3.63, 3.8) is 0 Å². The van der Waals surface area contributed by atoms with Crippen LogP contribution in [0.2, 0.25) is 0 Å². The van der Waals surface area contributed by atoms with Crippen LogP contribution in [0.5, 0.6) is 0 Å². The summed E-state index contributed by atoms with van der Waals surface area (Å²) in [5.41, 5.74) is 0. The van der Waals surface area contributed by atoms with Crippen molar-refractivity contribution in [3.05, 3.63) is 24.4 Å². The number of carbonyl (C=O) groups is 2. The number of rotatable bonds is 5. The minimum absolute atomic E-state index is 0.0657. The molecule has 0 unspecified atom stereocenters. The zero-order chi connectivity index (χ0) is 13.0. The molecule has 0 radical (unpaired) electrons. The molecule has 1 aliphatic heterocycles. The Labute approximate surface area is 109 Å². The molecule has 1 aromatic rings. The van der Waals surface area contributed by atoms with Gasteiger partial charge in [-0.2, -0.15) is 0 Å². The zero-order valence-electron chi connectivity index (χ0n) is 9.78. The highest BCUT2D eigenvalue weighted by Gasteiger charge is 2.33. The van der Waals surface area contributed by atoms with E-state index < -0.39 is 11.9 Å². The van der Waals surface area contributed by atoms with Gasteiger partial charge in [-0.15, -0.1) is 11.8 Å². The number of aliphatic carboxylic acids is 1. The molecule has 0 bridgehead atoms. The van der Waals surface area contributed by atoms with Crippen LogP contribution in [0.4, 0.5) is 0 Å². The summed E-state index contributed by atoms with van der Waals surface area (Å²) in [4.78, 5) is 28.2. The number of aromatic nitrogens is 1. The van der Waals surface area contributed by atoms with Crippen molar-refractivity contribution in [2.24, 2.45) is 5.92 Å². The molecular formula is C12H14N2O3S. The highest BCUT2D eigenvalue weighted by Crippen LogP contribution is 2.20. The Morgan fingerprint density at radius 1 is 1.56 bits per heavy atom. The molecule has 1 saturated heterocycles. The molecule has 96 valence electrons. The number of nitrogens with zero attached hydrogens (tertiary/aromatic N) is 2. The van der Waals surface area contributed by atoms with Gasteiger partial charge in [0, 0.05) is 31.5 Å². The SMILES string of the molecule is O=C(O)[C@H]1CC(=O)N(CCSc2ccccn2)C1. The third kappa shape index (κ3) is 3.22. The maximum atomic E-state index is 11.6. The molecule has 0 aromatic carbocycles. The molecule has 2 heterocycles. The predicted octanol–water partition coefficient (Wildman–Crippen LogP) is 1.11. The lowest BCUT2D eigenvalue weighted by Crippen LogP contribution is -2.28. The Bertz CT molecular complexity index is 438. The molecule has 0 spiro atoms. The molecule has 1 amide bonds. The van der Waals surface area contributed by atoms with Gasteiger partial charge in [-0.1, -0.05) is 6.07 Å². The van der Waals surface area contributed by atoms with Crippen LogP contribution in [0.3, 0.4) is 0 Å². The second-order valence-electron chi connectivity index (χ2n) is 4.10. The number of carboxylic acid groups (broad SMARTS) is 1. The summed E-state index contributed by atoms with van der Waals surface area (Å²) in [5, 5.41) is 9.77. The second kappa shape index (κ2) is 5.86. The molecule has 6 heteroatoms. The van der Waals surface area contributed by atoms with E-state index >= 15 is 0 Å². The second-order valence-corrected chi connectivity index (χ2v) is 5.21. The smallest absolute Gasteiger partial charge is 0.308 e. The van der Waals surface area contributed by atoms with Crippen molar-refractivity contribution < 1.29 is 14.7 Å². The quantitative estimate of drug-likeness (QED) is 0.808. The maximum absolute atomic E-state index is 11.6. The zero-order valence-corrected chi connectivity index (χ0v) is 10.6. The van der Waals surface area contributed by atoms with E-state index in [1.54, 1.807) is 22.9 Å². The van der Waals surface area contributed by atoms with E-state index in [1.165, 1.54) is 0 Å². The summed E-state index contributed by atoms with van der Waals surface area (Å²) in [6.45, 7) is 0.904. The van der Waals surface area contributed by atoms with Crippen LogP contribution in [0, 0.1) is 5.92 Å². The summed E-state index contributed by atoms with van der Waals surface area (Å²) < 4.78 is 0. The Kier molecular flexibility index (Phi) is 4.19. The Morgan fingerprint density at radius 3 is 3.00 bits per heavy atom. The summed E-state index contributed by atoms with van der Waals surface area (Å²) in [7, 11) is 0. The number of carbonyl (C=O) groups excluding carboxylic acids is 1. The summed E-state index contributed by atoms with van der Waals surface area (Å²) in [5.74, 6) is -0.764. The fourth-order valence-corrected chi connectivity index (χ4v) is 2.68. The number of amides is 1. The van der Waals surface area contributed by atoms with E-state index in [2.05, 4.69) is 4.98 Å². The number of carboxylic acids is 1. The first-order valence-electron chi connectivity index (χ1n) is 5.71. The number of thioether (sulfide) groups is 1. The number of hydrogen-bond donors (Lipinski definition) is 1. The van der Waals surface area contributed by atoms with Gasteiger partial charge in [0.2, 0.25) is 5.91 Å². The van der Waals surface area contributed by atoms with Gasteiger partial charge in [-0.25, -0.2) is 4.98 Å². The Morgan fingerprint density at radius 2 is 2.39 bits per heavy atom. The summed E-state index contributed by atoms with van der Waals surface area (Å²) >= 11 is 1.57. The molecule has 0 aliphatic carbocycles. The first-order valence-corrected chi connectivity index (χ1v) is 6.70.